The lowest BCUT2D eigenvalue weighted by Crippen LogP contribution is -2.01. The number of fused-ring (bicyclic) bond motifs is 1. The predicted octanol–water partition coefficient (Wildman–Crippen LogP) is 1.39. The first-order valence-electron chi connectivity index (χ1n) is 4.29. The van der Waals surface area contributed by atoms with Crippen LogP contribution >= 0.6 is 11.6 Å². The summed E-state index contributed by atoms with van der Waals surface area (Å²) in [7, 11) is 0. The number of imidazole rings is 1. The summed E-state index contributed by atoms with van der Waals surface area (Å²) in [6.07, 6.45) is 0. The third-order valence-corrected chi connectivity index (χ3v) is 2.28. The first kappa shape index (κ1) is 9.21. The molecular weight excluding hydrogens is 202 g/mol. The van der Waals surface area contributed by atoms with E-state index in [2.05, 4.69) is 15.0 Å². The van der Waals surface area contributed by atoms with Crippen LogP contribution in [0.4, 0.5) is 5.95 Å². The number of nitrogens with zero attached hydrogens (tertiary/aromatic N) is 4. The Labute approximate surface area is 85.9 Å². The number of hydrogen-bond acceptors (Lipinski definition) is 4. The fraction of sp³-hybridized carbons (Fsp3) is 0.375. The average Bonchev–Trinajstić information content (AvgIpc) is 2.40. The smallest absolute Gasteiger partial charge is 0.202 e. The van der Waals surface area contributed by atoms with Gasteiger partial charge in [0.25, 0.3) is 0 Å². The van der Waals surface area contributed by atoms with Crippen LogP contribution in [0.1, 0.15) is 12.7 Å². The van der Waals surface area contributed by atoms with Gasteiger partial charge in [-0.15, -0.1) is 0 Å². The molecule has 0 radical (unpaired) electrons. The molecule has 0 aliphatic rings. The molecule has 0 amide bonds. The van der Waals surface area contributed by atoms with Crippen molar-refractivity contribution in [1.82, 2.24) is 19.5 Å². The second kappa shape index (κ2) is 3.09. The highest BCUT2D eigenvalue weighted by molar-refractivity contribution is 6.33. The molecule has 0 aliphatic carbocycles. The van der Waals surface area contributed by atoms with Crippen molar-refractivity contribution in [2.24, 2.45) is 0 Å². The Morgan fingerprint density at radius 1 is 1.36 bits per heavy atom. The van der Waals surface area contributed by atoms with E-state index in [1.807, 2.05) is 6.92 Å². The molecular formula is C8H10ClN5. The lowest BCUT2D eigenvalue weighted by Gasteiger charge is -2.01. The Kier molecular flexibility index (Phi) is 2.03. The zero-order chi connectivity index (χ0) is 10.3. The number of rotatable bonds is 1. The van der Waals surface area contributed by atoms with E-state index in [1.54, 1.807) is 11.5 Å². The van der Waals surface area contributed by atoms with Crippen LogP contribution in [0.2, 0.25) is 5.15 Å². The first-order valence-corrected chi connectivity index (χ1v) is 4.67. The summed E-state index contributed by atoms with van der Waals surface area (Å²) >= 11 is 5.99. The second-order valence-electron chi connectivity index (χ2n) is 2.95. The standard InChI is InChI=1S/C8H10ClN5/c1-3-14-5-6(9)11-4(2)12-7(5)13-8(14)10/h3H2,1-2H3,(H2,10,11,12,13). The number of aromatic nitrogens is 4. The maximum Gasteiger partial charge on any atom is 0.202 e. The monoisotopic (exact) mass is 211 g/mol. The van der Waals surface area contributed by atoms with Crippen LogP contribution in [0.3, 0.4) is 0 Å². The molecule has 74 valence electrons. The molecule has 0 fully saturated rings. The lowest BCUT2D eigenvalue weighted by molar-refractivity contribution is 0.798. The number of aryl methyl sites for hydroxylation is 2. The van der Waals surface area contributed by atoms with Gasteiger partial charge >= 0.3 is 0 Å². The Balaban J connectivity index is 2.88. The molecule has 0 aliphatic heterocycles. The van der Waals surface area contributed by atoms with Crippen molar-refractivity contribution in [1.29, 1.82) is 0 Å². The minimum Gasteiger partial charge on any atom is -0.369 e. The number of nitrogens with two attached hydrogens (primary N) is 1. The zero-order valence-electron chi connectivity index (χ0n) is 7.95. The summed E-state index contributed by atoms with van der Waals surface area (Å²) in [4.78, 5) is 12.3. The Hall–Kier alpha value is -1.36. The zero-order valence-corrected chi connectivity index (χ0v) is 8.71. The highest BCUT2D eigenvalue weighted by Crippen LogP contribution is 2.22. The van der Waals surface area contributed by atoms with Crippen molar-refractivity contribution in [3.63, 3.8) is 0 Å². The van der Waals surface area contributed by atoms with Gasteiger partial charge in [-0.3, -0.25) is 0 Å². The van der Waals surface area contributed by atoms with Crippen LogP contribution in [0.25, 0.3) is 11.2 Å². The van der Waals surface area contributed by atoms with Crippen molar-refractivity contribution in [3.05, 3.63) is 11.0 Å². The van der Waals surface area contributed by atoms with Crippen molar-refractivity contribution in [2.45, 2.75) is 20.4 Å². The molecule has 0 bridgehead atoms. The maximum absolute atomic E-state index is 5.99. The molecule has 0 saturated heterocycles. The largest absolute Gasteiger partial charge is 0.369 e. The van der Waals surface area contributed by atoms with Crippen LogP contribution in [-0.4, -0.2) is 19.5 Å². The van der Waals surface area contributed by atoms with Crippen molar-refractivity contribution in [3.8, 4) is 0 Å². The van der Waals surface area contributed by atoms with Crippen LogP contribution in [-0.2, 0) is 6.54 Å². The molecule has 2 aromatic rings. The van der Waals surface area contributed by atoms with Gasteiger partial charge in [0.05, 0.1) is 0 Å². The number of anilines is 1. The molecule has 2 N–H and O–H groups in total. The van der Waals surface area contributed by atoms with Crippen LogP contribution in [0.5, 0.6) is 0 Å². The number of nitrogen functional groups attached to an aromatic ring is 1. The summed E-state index contributed by atoms with van der Waals surface area (Å²) in [6.45, 7) is 4.44. The summed E-state index contributed by atoms with van der Waals surface area (Å²) in [5, 5.41) is 0.401. The van der Waals surface area contributed by atoms with E-state index in [4.69, 9.17) is 17.3 Å². The second-order valence-corrected chi connectivity index (χ2v) is 3.31. The Morgan fingerprint density at radius 2 is 2.07 bits per heavy atom. The van der Waals surface area contributed by atoms with Gasteiger partial charge in [-0.1, -0.05) is 11.6 Å². The Morgan fingerprint density at radius 3 is 2.71 bits per heavy atom. The van der Waals surface area contributed by atoms with Gasteiger partial charge in [0.15, 0.2) is 10.8 Å². The van der Waals surface area contributed by atoms with E-state index in [0.29, 0.717) is 34.6 Å². The summed E-state index contributed by atoms with van der Waals surface area (Å²) < 4.78 is 1.79. The molecule has 2 rings (SSSR count). The molecule has 0 atom stereocenters. The highest BCUT2D eigenvalue weighted by atomic mass is 35.5. The highest BCUT2D eigenvalue weighted by Gasteiger charge is 2.12. The molecule has 5 nitrogen and oxygen atoms in total. The van der Waals surface area contributed by atoms with Gasteiger partial charge in [-0.2, -0.15) is 4.98 Å². The van der Waals surface area contributed by atoms with Crippen LogP contribution < -0.4 is 5.73 Å². The third-order valence-electron chi connectivity index (χ3n) is 2.02. The van der Waals surface area contributed by atoms with Gasteiger partial charge in [0.2, 0.25) is 5.95 Å². The predicted molar refractivity (Wildman–Crippen MR) is 55.2 cm³/mol. The molecule has 0 aromatic carbocycles. The van der Waals surface area contributed by atoms with E-state index in [9.17, 15) is 0 Å². The molecule has 2 aromatic heterocycles. The van der Waals surface area contributed by atoms with E-state index in [-0.39, 0.29) is 0 Å². The van der Waals surface area contributed by atoms with Gasteiger partial charge in [0, 0.05) is 6.54 Å². The lowest BCUT2D eigenvalue weighted by atomic mass is 10.5. The van der Waals surface area contributed by atoms with Gasteiger partial charge in [0.1, 0.15) is 11.3 Å². The van der Waals surface area contributed by atoms with E-state index in [1.165, 1.54) is 0 Å². The van der Waals surface area contributed by atoms with Crippen LogP contribution in [0, 0.1) is 6.92 Å². The summed E-state index contributed by atoms with van der Waals surface area (Å²) in [5.74, 6) is 1.02. The average molecular weight is 212 g/mol. The SMILES string of the molecule is CCn1c(N)nc2nc(C)nc(Cl)c21. The molecule has 2 heterocycles. The quantitative estimate of drug-likeness (QED) is 0.724. The number of hydrogen-bond donors (Lipinski definition) is 1. The van der Waals surface area contributed by atoms with Crippen LogP contribution in [0.15, 0.2) is 0 Å². The maximum atomic E-state index is 5.99. The van der Waals surface area contributed by atoms with Gasteiger partial charge in [-0.25, -0.2) is 9.97 Å². The molecule has 0 unspecified atom stereocenters. The van der Waals surface area contributed by atoms with E-state index >= 15 is 0 Å². The molecule has 14 heavy (non-hydrogen) atoms. The fourth-order valence-electron chi connectivity index (χ4n) is 1.43. The van der Waals surface area contributed by atoms with E-state index < -0.39 is 0 Å². The number of halogens is 1. The van der Waals surface area contributed by atoms with Crippen molar-refractivity contribution < 1.29 is 0 Å². The molecule has 0 saturated carbocycles. The molecule has 6 heteroatoms. The van der Waals surface area contributed by atoms with E-state index in [0.717, 1.165) is 0 Å². The minimum atomic E-state index is 0.401. The first-order chi connectivity index (χ1) is 6.63. The van der Waals surface area contributed by atoms with Crippen molar-refractivity contribution >= 4 is 28.7 Å². The molecule has 0 spiro atoms. The van der Waals surface area contributed by atoms with Gasteiger partial charge in [-0.05, 0) is 13.8 Å². The summed E-state index contributed by atoms with van der Waals surface area (Å²) in [6, 6.07) is 0. The normalized spacial score (nSPS) is 11.1. The third kappa shape index (κ3) is 1.21. The van der Waals surface area contributed by atoms with Crippen molar-refractivity contribution in [2.75, 3.05) is 5.73 Å². The fourth-order valence-corrected chi connectivity index (χ4v) is 1.74. The minimum absolute atomic E-state index is 0.401. The Bertz CT molecular complexity index is 490. The van der Waals surface area contributed by atoms with Gasteiger partial charge < -0.3 is 10.3 Å². The topological polar surface area (TPSA) is 69.6 Å². The summed E-state index contributed by atoms with van der Waals surface area (Å²) in [5.41, 5.74) is 6.97.